The zero-order valence-electron chi connectivity index (χ0n) is 11.7. The predicted octanol–water partition coefficient (Wildman–Crippen LogP) is 4.28. The molecule has 1 aromatic carbocycles. The molecule has 0 saturated carbocycles. The lowest BCUT2D eigenvalue weighted by atomic mass is 9.86. The molecule has 0 fully saturated rings. The number of carbonyl (C=O) groups excluding carboxylic acids is 1. The highest BCUT2D eigenvalue weighted by Gasteiger charge is 2.13. The molecule has 0 atom stereocenters. The summed E-state index contributed by atoms with van der Waals surface area (Å²) in [7, 11) is 0. The van der Waals surface area contributed by atoms with Gasteiger partial charge in [-0.15, -0.1) is 22.9 Å². The van der Waals surface area contributed by atoms with Gasteiger partial charge >= 0.3 is 0 Å². The highest BCUT2D eigenvalue weighted by molar-refractivity contribution is 7.14. The number of carbonyl (C=O) groups is 1. The Morgan fingerprint density at radius 3 is 2.50 bits per heavy atom. The second kappa shape index (κ2) is 5.94. The van der Waals surface area contributed by atoms with Gasteiger partial charge in [-0.25, -0.2) is 4.98 Å². The maximum atomic E-state index is 11.2. The van der Waals surface area contributed by atoms with Crippen LogP contribution in [0.25, 0.3) is 11.3 Å². The molecule has 1 amide bonds. The fraction of sp³-hybridized carbons (Fsp3) is 0.333. The molecule has 106 valence electrons. The Morgan fingerprint density at radius 2 is 1.95 bits per heavy atom. The van der Waals surface area contributed by atoms with Crippen molar-refractivity contribution in [1.82, 2.24) is 4.98 Å². The Bertz CT molecular complexity index is 599. The Labute approximate surface area is 128 Å². The molecular formula is C15H17ClN2OS. The topological polar surface area (TPSA) is 42.0 Å². The molecule has 3 nitrogen and oxygen atoms in total. The van der Waals surface area contributed by atoms with E-state index in [1.54, 1.807) is 0 Å². The van der Waals surface area contributed by atoms with Crippen LogP contribution in [0.5, 0.6) is 0 Å². The third-order valence-corrected chi connectivity index (χ3v) is 3.92. The van der Waals surface area contributed by atoms with Crippen LogP contribution in [0.2, 0.25) is 0 Å². The average molecular weight is 309 g/mol. The van der Waals surface area contributed by atoms with Gasteiger partial charge in [0.25, 0.3) is 0 Å². The molecule has 0 aliphatic rings. The van der Waals surface area contributed by atoms with Crippen LogP contribution in [0, 0.1) is 0 Å². The van der Waals surface area contributed by atoms with Gasteiger partial charge in [-0.05, 0) is 11.0 Å². The second-order valence-electron chi connectivity index (χ2n) is 5.55. The van der Waals surface area contributed by atoms with E-state index in [0.29, 0.717) is 5.13 Å². The molecule has 2 rings (SSSR count). The van der Waals surface area contributed by atoms with Crippen LogP contribution >= 0.6 is 22.9 Å². The Kier molecular flexibility index (Phi) is 4.45. The molecular weight excluding hydrogens is 292 g/mol. The summed E-state index contributed by atoms with van der Waals surface area (Å²) in [5.41, 5.74) is 3.33. The number of nitrogens with zero attached hydrogens (tertiary/aromatic N) is 1. The molecule has 0 radical (unpaired) electrons. The largest absolute Gasteiger partial charge is 0.301 e. The summed E-state index contributed by atoms with van der Waals surface area (Å²) in [6.07, 6.45) is 0. The van der Waals surface area contributed by atoms with Gasteiger partial charge in [0.05, 0.1) is 5.69 Å². The van der Waals surface area contributed by atoms with Crippen molar-refractivity contribution in [3.8, 4) is 11.3 Å². The first-order valence-electron chi connectivity index (χ1n) is 6.32. The first-order valence-corrected chi connectivity index (χ1v) is 7.74. The molecule has 2 aromatic rings. The molecule has 1 heterocycles. The van der Waals surface area contributed by atoms with Crippen molar-refractivity contribution < 1.29 is 4.79 Å². The van der Waals surface area contributed by atoms with E-state index < -0.39 is 0 Å². The molecule has 0 aliphatic carbocycles. The number of hydrogen-bond acceptors (Lipinski definition) is 3. The molecule has 0 aliphatic heterocycles. The van der Waals surface area contributed by atoms with Crippen molar-refractivity contribution in [2.45, 2.75) is 26.2 Å². The number of halogens is 1. The minimum atomic E-state index is -0.240. The number of alkyl halides is 1. The van der Waals surface area contributed by atoms with Crippen LogP contribution in [0.4, 0.5) is 5.13 Å². The van der Waals surface area contributed by atoms with Gasteiger partial charge in [-0.1, -0.05) is 45.0 Å². The fourth-order valence-electron chi connectivity index (χ4n) is 1.76. The minimum Gasteiger partial charge on any atom is -0.301 e. The summed E-state index contributed by atoms with van der Waals surface area (Å²) in [6.45, 7) is 6.56. The lowest BCUT2D eigenvalue weighted by Crippen LogP contribution is -2.12. The standard InChI is InChI=1S/C15H17ClN2OS/c1-15(2,3)11-6-4-10(5-7-11)12-9-20-14(17-12)18-13(19)8-16/h4-7,9H,8H2,1-3H3,(H,17,18,19). The average Bonchev–Trinajstić information content (AvgIpc) is 2.86. The lowest BCUT2D eigenvalue weighted by molar-refractivity contribution is -0.113. The number of rotatable bonds is 3. The van der Waals surface area contributed by atoms with E-state index in [1.807, 2.05) is 5.38 Å². The molecule has 1 N–H and O–H groups in total. The lowest BCUT2D eigenvalue weighted by Gasteiger charge is -2.18. The highest BCUT2D eigenvalue weighted by Crippen LogP contribution is 2.28. The Morgan fingerprint density at radius 1 is 1.30 bits per heavy atom. The van der Waals surface area contributed by atoms with Crippen molar-refractivity contribution in [2.75, 3.05) is 11.2 Å². The number of hydrogen-bond donors (Lipinski definition) is 1. The highest BCUT2D eigenvalue weighted by atomic mass is 35.5. The molecule has 5 heteroatoms. The van der Waals surface area contributed by atoms with Crippen molar-refractivity contribution in [2.24, 2.45) is 0 Å². The van der Waals surface area contributed by atoms with E-state index in [1.165, 1.54) is 16.9 Å². The summed E-state index contributed by atoms with van der Waals surface area (Å²) >= 11 is 6.85. The van der Waals surface area contributed by atoms with Crippen molar-refractivity contribution in [3.05, 3.63) is 35.2 Å². The molecule has 0 saturated heterocycles. The predicted molar refractivity (Wildman–Crippen MR) is 85.6 cm³/mol. The van der Waals surface area contributed by atoms with Gasteiger partial charge in [0.1, 0.15) is 5.88 Å². The van der Waals surface area contributed by atoms with E-state index in [0.717, 1.165) is 11.3 Å². The number of amides is 1. The van der Waals surface area contributed by atoms with Crippen LogP contribution in [-0.4, -0.2) is 16.8 Å². The van der Waals surface area contributed by atoms with Crippen molar-refractivity contribution in [3.63, 3.8) is 0 Å². The molecule has 0 unspecified atom stereocenters. The number of benzene rings is 1. The van der Waals surface area contributed by atoms with Crippen LogP contribution in [0.15, 0.2) is 29.6 Å². The summed E-state index contributed by atoms with van der Waals surface area (Å²) in [6, 6.07) is 8.35. The summed E-state index contributed by atoms with van der Waals surface area (Å²) in [5.74, 6) is -0.300. The zero-order chi connectivity index (χ0) is 14.8. The third kappa shape index (κ3) is 3.58. The summed E-state index contributed by atoms with van der Waals surface area (Å²) in [4.78, 5) is 15.6. The van der Waals surface area contributed by atoms with E-state index in [-0.39, 0.29) is 17.2 Å². The monoisotopic (exact) mass is 308 g/mol. The second-order valence-corrected chi connectivity index (χ2v) is 6.67. The van der Waals surface area contributed by atoms with Gasteiger partial charge in [0, 0.05) is 10.9 Å². The smallest absolute Gasteiger partial charge is 0.241 e. The normalized spacial score (nSPS) is 11.4. The van der Waals surface area contributed by atoms with Crippen molar-refractivity contribution >= 4 is 34.0 Å². The van der Waals surface area contributed by atoms with Gasteiger partial charge in [0.2, 0.25) is 5.91 Å². The van der Waals surface area contributed by atoms with Gasteiger partial charge < -0.3 is 5.32 Å². The maximum absolute atomic E-state index is 11.2. The van der Waals surface area contributed by atoms with Gasteiger partial charge in [-0.3, -0.25) is 4.79 Å². The molecule has 0 spiro atoms. The van der Waals surface area contributed by atoms with Gasteiger partial charge in [-0.2, -0.15) is 0 Å². The summed E-state index contributed by atoms with van der Waals surface area (Å²) in [5, 5.41) is 5.16. The fourth-order valence-corrected chi connectivity index (χ4v) is 2.56. The molecule has 0 bridgehead atoms. The van der Waals surface area contributed by atoms with Crippen molar-refractivity contribution in [1.29, 1.82) is 0 Å². The quantitative estimate of drug-likeness (QED) is 0.860. The van der Waals surface area contributed by atoms with Crippen LogP contribution in [0.3, 0.4) is 0 Å². The van der Waals surface area contributed by atoms with Crippen LogP contribution in [0.1, 0.15) is 26.3 Å². The number of nitrogens with one attached hydrogen (secondary N) is 1. The maximum Gasteiger partial charge on any atom is 0.241 e. The SMILES string of the molecule is CC(C)(C)c1ccc(-c2csc(NC(=O)CCl)n2)cc1. The first-order chi connectivity index (χ1) is 9.40. The van der Waals surface area contributed by atoms with E-state index in [4.69, 9.17) is 11.6 Å². The number of aromatic nitrogens is 1. The van der Waals surface area contributed by atoms with Crippen LogP contribution < -0.4 is 5.32 Å². The van der Waals surface area contributed by atoms with E-state index in [2.05, 4.69) is 55.3 Å². The van der Waals surface area contributed by atoms with E-state index >= 15 is 0 Å². The zero-order valence-corrected chi connectivity index (χ0v) is 13.3. The first kappa shape index (κ1) is 15.0. The number of thiazole rings is 1. The van der Waals surface area contributed by atoms with Crippen LogP contribution in [-0.2, 0) is 10.2 Å². The third-order valence-electron chi connectivity index (χ3n) is 2.92. The molecule has 1 aromatic heterocycles. The Balaban J connectivity index is 2.18. The number of anilines is 1. The molecule has 20 heavy (non-hydrogen) atoms. The summed E-state index contributed by atoms with van der Waals surface area (Å²) < 4.78 is 0. The van der Waals surface area contributed by atoms with Gasteiger partial charge in [0.15, 0.2) is 5.13 Å². The Hall–Kier alpha value is -1.39. The minimum absolute atomic E-state index is 0.0603. The van der Waals surface area contributed by atoms with E-state index in [9.17, 15) is 4.79 Å².